The summed E-state index contributed by atoms with van der Waals surface area (Å²) in [6.45, 7) is 0. The molecule has 7 nitrogen and oxygen atoms in total. The lowest BCUT2D eigenvalue weighted by Crippen LogP contribution is -2.25. The number of benzene rings is 3. The zero-order valence-electron chi connectivity index (χ0n) is 15.9. The zero-order valence-corrected chi connectivity index (χ0v) is 16.7. The first-order valence-corrected chi connectivity index (χ1v) is 10.9. The van der Waals surface area contributed by atoms with E-state index in [1.807, 2.05) is 18.2 Å². The van der Waals surface area contributed by atoms with Crippen LogP contribution in [0.5, 0.6) is 17.2 Å². The summed E-state index contributed by atoms with van der Waals surface area (Å²) in [5, 5.41) is 12.6. The fourth-order valence-electron chi connectivity index (χ4n) is 2.79. The second kappa shape index (κ2) is 8.17. The molecule has 8 heteroatoms. The number of hydrogen-bond donors (Lipinski definition) is 3. The van der Waals surface area contributed by atoms with Gasteiger partial charge in [0, 0.05) is 11.6 Å². The Morgan fingerprint density at radius 1 is 0.933 bits per heavy atom. The van der Waals surface area contributed by atoms with Crippen molar-refractivity contribution in [1.29, 1.82) is 0 Å². The number of rotatable bonds is 7. The highest BCUT2D eigenvalue weighted by molar-refractivity contribution is 7.89. The van der Waals surface area contributed by atoms with Crippen molar-refractivity contribution < 1.29 is 23.1 Å². The van der Waals surface area contributed by atoms with Gasteiger partial charge < -0.3 is 15.2 Å². The molecule has 1 aliphatic carbocycles. The van der Waals surface area contributed by atoms with Crippen LogP contribution >= 0.6 is 0 Å². The van der Waals surface area contributed by atoms with E-state index in [9.17, 15) is 18.3 Å². The van der Waals surface area contributed by atoms with Crippen molar-refractivity contribution in [1.82, 2.24) is 4.72 Å². The molecule has 1 amide bonds. The van der Waals surface area contributed by atoms with Crippen molar-refractivity contribution in [2.24, 2.45) is 0 Å². The van der Waals surface area contributed by atoms with Crippen LogP contribution in [0.2, 0.25) is 0 Å². The van der Waals surface area contributed by atoms with E-state index >= 15 is 0 Å². The summed E-state index contributed by atoms with van der Waals surface area (Å²) in [5.74, 6) is 0.371. The Bertz CT molecular complexity index is 1180. The van der Waals surface area contributed by atoms with Gasteiger partial charge in [-0.1, -0.05) is 24.3 Å². The van der Waals surface area contributed by atoms with Crippen LogP contribution in [-0.2, 0) is 10.0 Å². The molecule has 0 spiro atoms. The number of phenolic OH excluding ortho intramolecular Hbond substituents is 1. The van der Waals surface area contributed by atoms with E-state index in [1.54, 1.807) is 36.4 Å². The van der Waals surface area contributed by atoms with Gasteiger partial charge in [0.1, 0.15) is 17.2 Å². The minimum absolute atomic E-state index is 0.00746. The molecule has 3 N–H and O–H groups in total. The Labute approximate surface area is 174 Å². The smallest absolute Gasteiger partial charge is 0.255 e. The van der Waals surface area contributed by atoms with E-state index in [2.05, 4.69) is 10.0 Å². The van der Waals surface area contributed by atoms with Gasteiger partial charge in [-0.3, -0.25) is 4.79 Å². The van der Waals surface area contributed by atoms with Crippen LogP contribution in [0.4, 0.5) is 5.69 Å². The quantitative estimate of drug-likeness (QED) is 0.499. The molecule has 0 unspecified atom stereocenters. The lowest BCUT2D eigenvalue weighted by Gasteiger charge is -2.11. The highest BCUT2D eigenvalue weighted by Crippen LogP contribution is 2.29. The van der Waals surface area contributed by atoms with Crippen molar-refractivity contribution >= 4 is 21.6 Å². The number of carbonyl (C=O) groups excluding carboxylic acids is 1. The highest BCUT2D eigenvalue weighted by Gasteiger charge is 2.28. The third-order valence-corrected chi connectivity index (χ3v) is 6.02. The lowest BCUT2D eigenvalue weighted by atomic mass is 10.2. The normalized spacial score (nSPS) is 13.6. The Kier molecular flexibility index (Phi) is 5.43. The number of sulfonamides is 1. The van der Waals surface area contributed by atoms with Crippen LogP contribution in [0.25, 0.3) is 0 Å². The van der Waals surface area contributed by atoms with E-state index in [-0.39, 0.29) is 22.4 Å². The first-order valence-electron chi connectivity index (χ1n) is 9.40. The summed E-state index contributed by atoms with van der Waals surface area (Å²) < 4.78 is 33.1. The van der Waals surface area contributed by atoms with E-state index in [1.165, 1.54) is 18.2 Å². The molecule has 0 saturated heterocycles. The van der Waals surface area contributed by atoms with Crippen molar-refractivity contribution in [3.05, 3.63) is 78.4 Å². The number of phenols is 1. The van der Waals surface area contributed by atoms with Crippen molar-refractivity contribution in [3.8, 4) is 17.2 Å². The maximum Gasteiger partial charge on any atom is 0.255 e. The van der Waals surface area contributed by atoms with Crippen molar-refractivity contribution in [2.75, 3.05) is 5.32 Å². The van der Waals surface area contributed by atoms with Crippen LogP contribution in [0.1, 0.15) is 23.2 Å². The number of anilines is 1. The number of ether oxygens (including phenoxy) is 1. The Balaban J connectivity index is 1.52. The summed E-state index contributed by atoms with van der Waals surface area (Å²) in [5.41, 5.74) is 0.306. The van der Waals surface area contributed by atoms with Gasteiger partial charge in [0.2, 0.25) is 10.0 Å². The molecule has 0 radical (unpaired) electrons. The fourth-order valence-corrected chi connectivity index (χ4v) is 4.12. The Morgan fingerprint density at radius 3 is 2.40 bits per heavy atom. The molecule has 3 aromatic carbocycles. The van der Waals surface area contributed by atoms with Crippen molar-refractivity contribution in [3.63, 3.8) is 0 Å². The van der Waals surface area contributed by atoms with E-state index in [0.29, 0.717) is 17.1 Å². The van der Waals surface area contributed by atoms with Gasteiger partial charge in [-0.2, -0.15) is 0 Å². The average Bonchev–Trinajstić information content (AvgIpc) is 3.54. The predicted molar refractivity (Wildman–Crippen MR) is 112 cm³/mol. The summed E-state index contributed by atoms with van der Waals surface area (Å²) in [6, 6.07) is 19.4. The van der Waals surface area contributed by atoms with Crippen LogP contribution in [0.15, 0.2) is 77.7 Å². The molecule has 30 heavy (non-hydrogen) atoms. The first-order chi connectivity index (χ1) is 14.4. The van der Waals surface area contributed by atoms with E-state index < -0.39 is 15.9 Å². The molecule has 3 aromatic rings. The number of carbonyl (C=O) groups is 1. The topological polar surface area (TPSA) is 105 Å². The summed E-state index contributed by atoms with van der Waals surface area (Å²) >= 11 is 0. The average molecular weight is 424 g/mol. The van der Waals surface area contributed by atoms with Gasteiger partial charge in [0.05, 0.1) is 10.6 Å². The molecule has 0 aliphatic heterocycles. The summed E-state index contributed by atoms with van der Waals surface area (Å²) in [6.07, 6.45) is 1.62. The molecular formula is C22H20N2O5S. The minimum Gasteiger partial charge on any atom is -0.506 e. The predicted octanol–water partition coefficient (Wildman–Crippen LogP) is 3.88. The van der Waals surface area contributed by atoms with Crippen LogP contribution < -0.4 is 14.8 Å². The fraction of sp³-hybridized carbons (Fsp3) is 0.136. The molecule has 0 aromatic heterocycles. The first kappa shape index (κ1) is 19.9. The van der Waals surface area contributed by atoms with Gasteiger partial charge in [-0.25, -0.2) is 13.1 Å². The second-order valence-electron chi connectivity index (χ2n) is 6.97. The summed E-state index contributed by atoms with van der Waals surface area (Å²) in [4.78, 5) is 12.7. The third-order valence-electron chi connectivity index (χ3n) is 4.50. The van der Waals surface area contributed by atoms with Crippen LogP contribution in [0, 0.1) is 0 Å². The zero-order chi connectivity index (χ0) is 21.1. The Morgan fingerprint density at radius 2 is 1.67 bits per heavy atom. The number of aromatic hydroxyl groups is 1. The molecule has 0 bridgehead atoms. The van der Waals surface area contributed by atoms with E-state index in [4.69, 9.17) is 4.74 Å². The van der Waals surface area contributed by atoms with Crippen LogP contribution in [-0.4, -0.2) is 25.5 Å². The van der Waals surface area contributed by atoms with Crippen LogP contribution in [0.3, 0.4) is 0 Å². The number of nitrogens with one attached hydrogen (secondary N) is 2. The summed E-state index contributed by atoms with van der Waals surface area (Å²) in [7, 11) is -3.71. The maximum absolute atomic E-state index is 12.7. The van der Waals surface area contributed by atoms with Gasteiger partial charge in [0.15, 0.2) is 0 Å². The highest BCUT2D eigenvalue weighted by atomic mass is 32.2. The largest absolute Gasteiger partial charge is 0.506 e. The molecule has 1 saturated carbocycles. The number of para-hydroxylation sites is 1. The molecular weight excluding hydrogens is 404 g/mol. The van der Waals surface area contributed by atoms with Gasteiger partial charge in [-0.15, -0.1) is 0 Å². The standard InChI is InChI=1S/C22H20N2O5S/c25-21-12-11-19(30(27,28)24-16-9-10-16)14-20(21)23-22(26)15-5-4-8-18(13-15)29-17-6-2-1-3-7-17/h1-8,11-14,16,24-25H,9-10H2,(H,23,26). The molecule has 0 atom stereocenters. The third kappa shape index (κ3) is 4.79. The minimum atomic E-state index is -3.71. The Hall–Kier alpha value is -3.36. The van der Waals surface area contributed by atoms with Gasteiger partial charge >= 0.3 is 0 Å². The number of amides is 1. The number of hydrogen-bond acceptors (Lipinski definition) is 5. The molecule has 1 fully saturated rings. The lowest BCUT2D eigenvalue weighted by molar-refractivity contribution is 0.102. The molecule has 154 valence electrons. The molecule has 4 rings (SSSR count). The van der Waals surface area contributed by atoms with Gasteiger partial charge in [-0.05, 0) is 61.4 Å². The van der Waals surface area contributed by atoms with Crippen molar-refractivity contribution in [2.45, 2.75) is 23.8 Å². The van der Waals surface area contributed by atoms with Gasteiger partial charge in [0.25, 0.3) is 5.91 Å². The molecule has 1 aliphatic rings. The second-order valence-corrected chi connectivity index (χ2v) is 8.69. The molecule has 0 heterocycles. The monoisotopic (exact) mass is 424 g/mol. The SMILES string of the molecule is O=C(Nc1cc(S(=O)(=O)NC2CC2)ccc1O)c1cccc(Oc2ccccc2)c1. The maximum atomic E-state index is 12.7. The van der Waals surface area contributed by atoms with E-state index in [0.717, 1.165) is 12.8 Å².